The van der Waals surface area contributed by atoms with Crippen LogP contribution in [0.3, 0.4) is 0 Å². The van der Waals surface area contributed by atoms with Gasteiger partial charge in [-0.1, -0.05) is 39.3 Å². The summed E-state index contributed by atoms with van der Waals surface area (Å²) in [5, 5.41) is 3.49. The van der Waals surface area contributed by atoms with E-state index < -0.39 is 0 Å². The Morgan fingerprint density at radius 3 is 2.42 bits per heavy atom. The lowest BCUT2D eigenvalue weighted by atomic mass is 10.0. The fraction of sp³-hybridized carbons (Fsp3) is 0.625. The number of nitrogens with two attached hydrogens (primary N) is 1. The smallest absolute Gasteiger partial charge is 0.119 e. The molecule has 0 heterocycles. The molecule has 0 fully saturated rings. The second-order valence-electron chi connectivity index (χ2n) is 5.31. The zero-order chi connectivity index (χ0) is 14.1. The Balaban J connectivity index is 2.39. The molecule has 1 unspecified atom stereocenters. The lowest BCUT2D eigenvalue weighted by Crippen LogP contribution is -2.39. The number of rotatable bonds is 9. The Labute approximate surface area is 117 Å². The molecule has 3 heteroatoms. The van der Waals surface area contributed by atoms with Gasteiger partial charge in [-0.25, -0.2) is 0 Å². The molecular weight excluding hydrogens is 236 g/mol. The predicted octanol–water partition coefficient (Wildman–Crippen LogP) is 2.94. The van der Waals surface area contributed by atoms with Gasteiger partial charge in [0.25, 0.3) is 0 Å². The van der Waals surface area contributed by atoms with Crippen LogP contribution in [-0.2, 0) is 6.54 Å². The largest absolute Gasteiger partial charge is 0.494 e. The fourth-order valence-electron chi connectivity index (χ4n) is 1.88. The van der Waals surface area contributed by atoms with E-state index in [1.807, 2.05) is 12.1 Å². The Bertz CT molecular complexity index is 335. The second kappa shape index (κ2) is 8.94. The third kappa shape index (κ3) is 6.08. The van der Waals surface area contributed by atoms with Crippen LogP contribution in [0.15, 0.2) is 24.3 Å². The Morgan fingerprint density at radius 2 is 1.89 bits per heavy atom. The number of benzene rings is 1. The normalized spacial score (nSPS) is 12.7. The first-order chi connectivity index (χ1) is 9.17. The molecule has 0 aliphatic heterocycles. The summed E-state index contributed by atoms with van der Waals surface area (Å²) < 4.78 is 5.65. The Kier molecular flexibility index (Phi) is 7.53. The number of unbranched alkanes of at least 4 members (excludes halogenated alkanes) is 1. The van der Waals surface area contributed by atoms with Crippen LogP contribution in [0, 0.1) is 5.92 Å². The van der Waals surface area contributed by atoms with Crippen molar-refractivity contribution >= 4 is 0 Å². The van der Waals surface area contributed by atoms with Crippen molar-refractivity contribution in [2.24, 2.45) is 11.7 Å². The van der Waals surface area contributed by atoms with Gasteiger partial charge >= 0.3 is 0 Å². The Morgan fingerprint density at radius 1 is 1.21 bits per heavy atom. The molecule has 19 heavy (non-hydrogen) atoms. The van der Waals surface area contributed by atoms with Gasteiger partial charge in [0.05, 0.1) is 6.61 Å². The summed E-state index contributed by atoms with van der Waals surface area (Å²) in [6.07, 6.45) is 2.27. The maximum absolute atomic E-state index is 5.75. The van der Waals surface area contributed by atoms with Crippen LogP contribution in [-0.4, -0.2) is 19.2 Å². The number of ether oxygens (including phenoxy) is 1. The lowest BCUT2D eigenvalue weighted by Gasteiger charge is -2.20. The summed E-state index contributed by atoms with van der Waals surface area (Å²) in [6, 6.07) is 8.68. The molecule has 0 bridgehead atoms. The van der Waals surface area contributed by atoms with Crippen LogP contribution in [0.2, 0.25) is 0 Å². The van der Waals surface area contributed by atoms with Gasteiger partial charge < -0.3 is 15.8 Å². The van der Waals surface area contributed by atoms with Crippen LogP contribution in [0.4, 0.5) is 0 Å². The van der Waals surface area contributed by atoms with Crippen molar-refractivity contribution in [3.8, 4) is 5.75 Å². The molecule has 3 N–H and O–H groups in total. The molecule has 1 rings (SSSR count). The van der Waals surface area contributed by atoms with E-state index >= 15 is 0 Å². The van der Waals surface area contributed by atoms with Gasteiger partial charge in [0.15, 0.2) is 0 Å². The number of nitrogens with one attached hydrogen (secondary N) is 1. The average Bonchev–Trinajstić information content (AvgIpc) is 2.41. The quantitative estimate of drug-likeness (QED) is 0.674. The van der Waals surface area contributed by atoms with E-state index in [9.17, 15) is 0 Å². The van der Waals surface area contributed by atoms with E-state index in [-0.39, 0.29) is 0 Å². The zero-order valence-corrected chi connectivity index (χ0v) is 12.5. The van der Waals surface area contributed by atoms with Crippen molar-refractivity contribution in [2.75, 3.05) is 13.2 Å². The highest BCUT2D eigenvalue weighted by molar-refractivity contribution is 5.27. The molecule has 1 aromatic rings. The first-order valence-corrected chi connectivity index (χ1v) is 7.32. The highest BCUT2D eigenvalue weighted by atomic mass is 16.5. The molecule has 1 atom stereocenters. The SMILES string of the molecule is CCCCOc1ccc(CNC(CN)C(C)C)cc1. The summed E-state index contributed by atoms with van der Waals surface area (Å²) in [5.41, 5.74) is 7.01. The molecule has 0 saturated heterocycles. The third-order valence-corrected chi connectivity index (χ3v) is 3.32. The molecule has 0 spiro atoms. The van der Waals surface area contributed by atoms with E-state index in [4.69, 9.17) is 10.5 Å². The second-order valence-corrected chi connectivity index (χ2v) is 5.31. The van der Waals surface area contributed by atoms with Gasteiger partial charge in [0.2, 0.25) is 0 Å². The van der Waals surface area contributed by atoms with Crippen molar-refractivity contribution in [3.63, 3.8) is 0 Å². The first kappa shape index (κ1) is 16.0. The van der Waals surface area contributed by atoms with E-state index in [0.29, 0.717) is 18.5 Å². The molecule has 0 aromatic heterocycles. The molecule has 0 aliphatic rings. The van der Waals surface area contributed by atoms with Crippen molar-refractivity contribution in [1.29, 1.82) is 0 Å². The molecule has 108 valence electrons. The van der Waals surface area contributed by atoms with E-state index in [1.54, 1.807) is 0 Å². The first-order valence-electron chi connectivity index (χ1n) is 7.32. The average molecular weight is 264 g/mol. The number of hydrogen-bond donors (Lipinski definition) is 2. The van der Waals surface area contributed by atoms with Crippen LogP contribution >= 0.6 is 0 Å². The molecule has 0 saturated carbocycles. The highest BCUT2D eigenvalue weighted by Crippen LogP contribution is 2.13. The van der Waals surface area contributed by atoms with Gasteiger partial charge in [-0.2, -0.15) is 0 Å². The molecule has 0 radical (unpaired) electrons. The monoisotopic (exact) mass is 264 g/mol. The van der Waals surface area contributed by atoms with Crippen molar-refractivity contribution < 1.29 is 4.74 Å². The van der Waals surface area contributed by atoms with E-state index in [0.717, 1.165) is 31.7 Å². The standard InChI is InChI=1S/C16H28N2O/c1-4-5-10-19-15-8-6-14(7-9-15)12-18-16(11-17)13(2)3/h6-9,13,16,18H,4-5,10-12,17H2,1-3H3. The van der Waals surface area contributed by atoms with Crippen molar-refractivity contribution in [2.45, 2.75) is 46.2 Å². The van der Waals surface area contributed by atoms with Gasteiger partial charge in [-0.05, 0) is 30.0 Å². The van der Waals surface area contributed by atoms with Crippen molar-refractivity contribution in [1.82, 2.24) is 5.32 Å². The van der Waals surface area contributed by atoms with Crippen molar-refractivity contribution in [3.05, 3.63) is 29.8 Å². The topological polar surface area (TPSA) is 47.3 Å². The van der Waals surface area contributed by atoms with Gasteiger partial charge in [0.1, 0.15) is 5.75 Å². The zero-order valence-electron chi connectivity index (χ0n) is 12.5. The minimum atomic E-state index is 0.375. The molecule has 1 aromatic carbocycles. The summed E-state index contributed by atoms with van der Waals surface area (Å²) in [4.78, 5) is 0. The summed E-state index contributed by atoms with van der Waals surface area (Å²) in [5.74, 6) is 1.51. The summed E-state index contributed by atoms with van der Waals surface area (Å²) in [6.45, 7) is 8.88. The van der Waals surface area contributed by atoms with Crippen LogP contribution in [0.25, 0.3) is 0 Å². The lowest BCUT2D eigenvalue weighted by molar-refractivity contribution is 0.309. The van der Waals surface area contributed by atoms with Gasteiger partial charge in [-0.3, -0.25) is 0 Å². The van der Waals surface area contributed by atoms with Crippen LogP contribution in [0.1, 0.15) is 39.2 Å². The third-order valence-electron chi connectivity index (χ3n) is 3.32. The molecule has 0 amide bonds. The van der Waals surface area contributed by atoms with E-state index in [1.165, 1.54) is 5.56 Å². The predicted molar refractivity (Wildman–Crippen MR) is 81.4 cm³/mol. The van der Waals surface area contributed by atoms with Gasteiger partial charge in [-0.15, -0.1) is 0 Å². The molecule has 3 nitrogen and oxygen atoms in total. The van der Waals surface area contributed by atoms with Crippen LogP contribution in [0.5, 0.6) is 5.75 Å². The minimum absolute atomic E-state index is 0.375. The molecule has 0 aliphatic carbocycles. The maximum Gasteiger partial charge on any atom is 0.119 e. The highest BCUT2D eigenvalue weighted by Gasteiger charge is 2.09. The summed E-state index contributed by atoms with van der Waals surface area (Å²) >= 11 is 0. The number of hydrogen-bond acceptors (Lipinski definition) is 3. The maximum atomic E-state index is 5.75. The fourth-order valence-corrected chi connectivity index (χ4v) is 1.88. The van der Waals surface area contributed by atoms with Crippen LogP contribution < -0.4 is 15.8 Å². The van der Waals surface area contributed by atoms with Gasteiger partial charge in [0, 0.05) is 19.1 Å². The summed E-state index contributed by atoms with van der Waals surface area (Å²) in [7, 11) is 0. The Hall–Kier alpha value is -1.06. The minimum Gasteiger partial charge on any atom is -0.494 e. The molecular formula is C16H28N2O. The van der Waals surface area contributed by atoms with E-state index in [2.05, 4.69) is 38.2 Å².